The minimum atomic E-state index is -0.882. The number of urea groups is 1. The van der Waals surface area contributed by atoms with Crippen LogP contribution in [0, 0.1) is 0 Å². The molecular weight excluding hydrogens is 314 g/mol. The Morgan fingerprint density at radius 1 is 1.32 bits per heavy atom. The van der Waals surface area contributed by atoms with Crippen LogP contribution in [0.5, 0.6) is 0 Å². The molecule has 1 aliphatic rings. The first-order chi connectivity index (χ1) is 11.9. The first-order valence-electron chi connectivity index (χ1n) is 8.72. The topological polar surface area (TPSA) is 65.5 Å². The van der Waals surface area contributed by atoms with Gasteiger partial charge in [0, 0.05) is 24.8 Å². The van der Waals surface area contributed by atoms with E-state index in [1.807, 2.05) is 42.5 Å². The molecule has 2 amide bonds. The molecule has 2 aromatic rings. The van der Waals surface area contributed by atoms with Crippen LogP contribution in [0.4, 0.5) is 4.79 Å². The van der Waals surface area contributed by atoms with E-state index >= 15 is 0 Å². The Morgan fingerprint density at radius 3 is 2.88 bits per heavy atom. The summed E-state index contributed by atoms with van der Waals surface area (Å²) in [6.07, 6.45) is 3.54. The smallest absolute Gasteiger partial charge is 0.318 e. The summed E-state index contributed by atoms with van der Waals surface area (Å²) in [6.45, 7) is 4.67. The molecule has 0 spiro atoms. The van der Waals surface area contributed by atoms with Crippen molar-refractivity contribution in [2.45, 2.75) is 44.9 Å². The molecule has 1 aromatic heterocycles. The highest BCUT2D eigenvalue weighted by Crippen LogP contribution is 2.26. The summed E-state index contributed by atoms with van der Waals surface area (Å²) >= 11 is 0. The number of pyridine rings is 1. The van der Waals surface area contributed by atoms with Gasteiger partial charge in [0.2, 0.25) is 0 Å². The van der Waals surface area contributed by atoms with Crippen molar-refractivity contribution in [1.29, 1.82) is 0 Å². The lowest BCUT2D eigenvalue weighted by atomic mass is 9.97. The highest BCUT2D eigenvalue weighted by Gasteiger charge is 2.38. The second-order valence-corrected chi connectivity index (χ2v) is 7.08. The summed E-state index contributed by atoms with van der Waals surface area (Å²) in [5.41, 5.74) is 2.09. The Morgan fingerprint density at radius 2 is 2.16 bits per heavy atom. The van der Waals surface area contributed by atoms with Crippen LogP contribution in [0.2, 0.25) is 0 Å². The van der Waals surface area contributed by atoms with Crippen LogP contribution in [0.15, 0.2) is 48.7 Å². The lowest BCUT2D eigenvalue weighted by Gasteiger charge is -2.33. The third-order valence-corrected chi connectivity index (χ3v) is 4.66. The van der Waals surface area contributed by atoms with E-state index in [0.717, 1.165) is 29.7 Å². The minimum Gasteiger partial charge on any atom is -0.388 e. The first kappa shape index (κ1) is 17.4. The maximum Gasteiger partial charge on any atom is 0.318 e. The molecule has 0 bridgehead atoms. The Labute approximate surface area is 148 Å². The van der Waals surface area contributed by atoms with Gasteiger partial charge in [-0.05, 0) is 50.5 Å². The van der Waals surface area contributed by atoms with Crippen molar-refractivity contribution in [1.82, 2.24) is 15.2 Å². The van der Waals surface area contributed by atoms with Crippen molar-refractivity contribution in [2.75, 3.05) is 6.54 Å². The zero-order valence-corrected chi connectivity index (χ0v) is 14.8. The number of carbonyl (C=O) groups is 1. The van der Waals surface area contributed by atoms with E-state index in [2.05, 4.69) is 10.3 Å². The third-order valence-electron chi connectivity index (χ3n) is 4.66. The summed E-state index contributed by atoms with van der Waals surface area (Å²) in [6, 6.07) is 13.6. The molecule has 2 heterocycles. The highest BCUT2D eigenvalue weighted by atomic mass is 16.3. The van der Waals surface area contributed by atoms with E-state index < -0.39 is 5.60 Å². The summed E-state index contributed by atoms with van der Waals surface area (Å²) < 4.78 is 0. The minimum absolute atomic E-state index is 0.118. The highest BCUT2D eigenvalue weighted by molar-refractivity contribution is 5.75. The van der Waals surface area contributed by atoms with Crippen molar-refractivity contribution < 1.29 is 9.90 Å². The average molecular weight is 339 g/mol. The molecule has 3 rings (SSSR count). The van der Waals surface area contributed by atoms with Crippen molar-refractivity contribution >= 4 is 6.03 Å². The molecule has 25 heavy (non-hydrogen) atoms. The second-order valence-electron chi connectivity index (χ2n) is 7.08. The van der Waals surface area contributed by atoms with Crippen LogP contribution < -0.4 is 5.32 Å². The van der Waals surface area contributed by atoms with Gasteiger partial charge in [0.05, 0.1) is 17.3 Å². The van der Waals surface area contributed by atoms with Gasteiger partial charge in [-0.1, -0.05) is 24.3 Å². The van der Waals surface area contributed by atoms with E-state index in [0.29, 0.717) is 13.1 Å². The van der Waals surface area contributed by atoms with Crippen molar-refractivity contribution in [2.24, 2.45) is 0 Å². The van der Waals surface area contributed by atoms with E-state index in [1.54, 1.807) is 24.9 Å². The normalized spacial score (nSPS) is 17.6. The lowest BCUT2D eigenvalue weighted by Crippen LogP contribution is -2.51. The number of hydrogen-bond donors (Lipinski definition) is 2. The Kier molecular flexibility index (Phi) is 5.04. The molecule has 1 aromatic carbocycles. The largest absolute Gasteiger partial charge is 0.388 e. The van der Waals surface area contributed by atoms with E-state index in [9.17, 15) is 9.90 Å². The molecule has 0 radical (unpaired) electrons. The average Bonchev–Trinajstić information content (AvgIpc) is 3.11. The summed E-state index contributed by atoms with van der Waals surface area (Å²) in [5, 5.41) is 13.2. The van der Waals surface area contributed by atoms with E-state index in [4.69, 9.17) is 0 Å². The van der Waals surface area contributed by atoms with E-state index in [1.165, 1.54) is 0 Å². The quantitative estimate of drug-likeness (QED) is 0.899. The zero-order chi connectivity index (χ0) is 17.9. The number of carbonyl (C=O) groups excluding carboxylic acids is 1. The van der Waals surface area contributed by atoms with Gasteiger partial charge >= 0.3 is 6.03 Å². The fourth-order valence-electron chi connectivity index (χ4n) is 3.40. The van der Waals surface area contributed by atoms with Crippen LogP contribution in [-0.4, -0.2) is 39.2 Å². The van der Waals surface area contributed by atoms with Crippen LogP contribution in [0.3, 0.4) is 0 Å². The fourth-order valence-corrected chi connectivity index (χ4v) is 3.40. The molecule has 1 saturated heterocycles. The number of aliphatic hydroxyl groups is 1. The molecule has 2 N–H and O–H groups in total. The van der Waals surface area contributed by atoms with Crippen molar-refractivity contribution in [3.63, 3.8) is 0 Å². The Bertz CT molecular complexity index is 725. The van der Waals surface area contributed by atoms with Crippen molar-refractivity contribution in [3.05, 3.63) is 54.2 Å². The third kappa shape index (κ3) is 4.17. The van der Waals surface area contributed by atoms with Gasteiger partial charge in [-0.3, -0.25) is 4.98 Å². The number of aromatic nitrogens is 1. The maximum absolute atomic E-state index is 12.5. The Balaban J connectivity index is 1.65. The summed E-state index contributed by atoms with van der Waals surface area (Å²) in [7, 11) is 0. The SMILES string of the molecule is CC(C)(O)[C@@H]1CCCN1C(=O)NCc1cccc(-c2ccccn2)c1. The van der Waals surface area contributed by atoms with Gasteiger partial charge in [-0.25, -0.2) is 4.79 Å². The second kappa shape index (κ2) is 7.23. The number of nitrogens with one attached hydrogen (secondary N) is 1. The van der Waals surface area contributed by atoms with Crippen molar-refractivity contribution in [3.8, 4) is 11.3 Å². The number of hydrogen-bond acceptors (Lipinski definition) is 3. The number of amides is 2. The van der Waals surface area contributed by atoms with Crippen LogP contribution in [0.1, 0.15) is 32.3 Å². The molecule has 0 saturated carbocycles. The molecule has 5 nitrogen and oxygen atoms in total. The molecule has 0 unspecified atom stereocenters. The number of rotatable bonds is 4. The Hall–Kier alpha value is -2.40. The predicted octanol–water partition coefficient (Wildman–Crippen LogP) is 3.19. The van der Waals surface area contributed by atoms with Gasteiger partial charge in [0.15, 0.2) is 0 Å². The summed E-state index contributed by atoms with van der Waals surface area (Å²) in [4.78, 5) is 18.6. The van der Waals surface area contributed by atoms with Gasteiger partial charge in [-0.2, -0.15) is 0 Å². The van der Waals surface area contributed by atoms with Gasteiger partial charge in [0.1, 0.15) is 0 Å². The lowest BCUT2D eigenvalue weighted by molar-refractivity contribution is 0.00979. The number of likely N-dealkylation sites (tertiary alicyclic amines) is 1. The molecule has 1 fully saturated rings. The van der Waals surface area contributed by atoms with Gasteiger partial charge < -0.3 is 15.3 Å². The van der Waals surface area contributed by atoms with Crippen LogP contribution in [0.25, 0.3) is 11.3 Å². The standard InChI is InChI=1S/C20H25N3O2/c1-20(2,25)18-10-6-12-23(18)19(24)22-14-15-7-5-8-16(13-15)17-9-3-4-11-21-17/h3-5,7-9,11,13,18,25H,6,10,12,14H2,1-2H3,(H,22,24)/t18-/m0/s1. The predicted molar refractivity (Wildman–Crippen MR) is 97.9 cm³/mol. The fraction of sp³-hybridized carbons (Fsp3) is 0.400. The number of benzene rings is 1. The maximum atomic E-state index is 12.5. The van der Waals surface area contributed by atoms with Crippen LogP contribution >= 0.6 is 0 Å². The van der Waals surface area contributed by atoms with Gasteiger partial charge in [-0.15, -0.1) is 0 Å². The van der Waals surface area contributed by atoms with E-state index in [-0.39, 0.29) is 12.1 Å². The first-order valence-corrected chi connectivity index (χ1v) is 8.72. The molecule has 0 aliphatic carbocycles. The van der Waals surface area contributed by atoms with Gasteiger partial charge in [0.25, 0.3) is 0 Å². The molecule has 1 atom stereocenters. The monoisotopic (exact) mass is 339 g/mol. The zero-order valence-electron chi connectivity index (χ0n) is 14.8. The number of nitrogens with zero attached hydrogens (tertiary/aromatic N) is 2. The summed E-state index contributed by atoms with van der Waals surface area (Å²) in [5.74, 6) is 0. The molecule has 132 valence electrons. The molecular formula is C20H25N3O2. The molecule has 1 aliphatic heterocycles. The van der Waals surface area contributed by atoms with Crippen LogP contribution in [-0.2, 0) is 6.54 Å². The molecule has 5 heteroatoms.